The van der Waals surface area contributed by atoms with Crippen molar-refractivity contribution in [3.63, 3.8) is 0 Å². The van der Waals surface area contributed by atoms with Gasteiger partial charge in [-0.05, 0) is 96.5 Å². The third kappa shape index (κ3) is 13.6. The van der Waals surface area contributed by atoms with Crippen LogP contribution in [0.1, 0.15) is 181 Å². The first kappa shape index (κ1) is 36.9. The van der Waals surface area contributed by atoms with E-state index < -0.39 is 0 Å². The molecule has 5 nitrogen and oxygen atoms in total. The predicted molar refractivity (Wildman–Crippen MR) is 192 cm³/mol. The number of unbranched alkanes of at least 4 members (excludes halogenated alkanes) is 14. The van der Waals surface area contributed by atoms with Crippen LogP contribution in [0.15, 0.2) is 22.9 Å². The molecule has 3 fully saturated rings. The fourth-order valence-electron chi connectivity index (χ4n) is 8.66. The lowest BCUT2D eigenvalue weighted by Crippen LogP contribution is -2.48. The van der Waals surface area contributed by atoms with E-state index in [0.29, 0.717) is 12.1 Å². The van der Waals surface area contributed by atoms with Gasteiger partial charge in [-0.15, -0.1) is 0 Å². The summed E-state index contributed by atoms with van der Waals surface area (Å²) in [5, 5.41) is 27.0. The lowest BCUT2D eigenvalue weighted by atomic mass is 9.93. The lowest BCUT2D eigenvalue weighted by Gasteiger charge is -2.32. The van der Waals surface area contributed by atoms with Gasteiger partial charge in [0.1, 0.15) is 0 Å². The summed E-state index contributed by atoms with van der Waals surface area (Å²) < 4.78 is 0. The Morgan fingerprint density at radius 2 is 1.09 bits per heavy atom. The Bertz CT molecular complexity index is 872. The van der Waals surface area contributed by atoms with Gasteiger partial charge < -0.3 is 25.7 Å². The molecule has 0 amide bonds. The average molecular weight is 628 g/mol. The Hall–Kier alpha value is -0.880. The maximum atomic E-state index is 9.89. The van der Waals surface area contributed by atoms with Gasteiger partial charge in [0.15, 0.2) is 0 Å². The van der Waals surface area contributed by atoms with Crippen molar-refractivity contribution >= 4 is 0 Å². The molecule has 0 bridgehead atoms. The van der Waals surface area contributed by atoms with Crippen LogP contribution in [0.4, 0.5) is 0 Å². The second kappa shape index (κ2) is 21.2. The first-order chi connectivity index (χ1) is 22.0. The number of fused-ring (bicyclic) bond motifs is 1. The molecule has 4 aliphatic heterocycles. The van der Waals surface area contributed by atoms with E-state index in [4.69, 9.17) is 0 Å². The van der Waals surface area contributed by atoms with E-state index in [1.807, 2.05) is 0 Å². The van der Waals surface area contributed by atoms with Crippen molar-refractivity contribution in [2.24, 2.45) is 0 Å². The summed E-state index contributed by atoms with van der Waals surface area (Å²) in [6.45, 7) is 6.74. The molecule has 3 saturated heterocycles. The Balaban J connectivity index is 0.971. The minimum atomic E-state index is -0.144. The molecule has 6 atom stereocenters. The zero-order chi connectivity index (χ0) is 31.7. The van der Waals surface area contributed by atoms with Gasteiger partial charge in [-0.25, -0.2) is 0 Å². The minimum absolute atomic E-state index is 0.144. The van der Waals surface area contributed by atoms with Gasteiger partial charge in [0, 0.05) is 43.0 Å². The van der Waals surface area contributed by atoms with Gasteiger partial charge >= 0.3 is 0 Å². The third-order valence-electron chi connectivity index (χ3n) is 11.7. The highest BCUT2D eigenvalue weighted by molar-refractivity contribution is 5.35. The molecular formula is C40H73N3O2. The van der Waals surface area contributed by atoms with Crippen molar-refractivity contribution in [3.8, 4) is 0 Å². The van der Waals surface area contributed by atoms with Crippen LogP contribution >= 0.6 is 0 Å². The molecule has 0 aromatic heterocycles. The standard InChI is InChI=1S/C40H73N3O2/c1-32-39(44)27-25-36(41-32)22-17-13-9-5-3-7-11-15-20-34-30-35(38-24-19-29-43(38)31-34)21-16-12-8-4-6-10-14-18-23-37-26-28-40(45)33(2)42-37/h30,32-33,36-37,39-42,44-45H,3-29,31H2,1-2H3/t32-,33-,36+,37+,39+,40+/m0/s1. The SMILES string of the molecule is C[C@@H]1N[C@H](CCCCCCCCCCC2=CC(CCCCCCCCCC[C@@H]3CC[C@@H](O)[C@H](C)N3)=C3CCCN3C2)CC[C@H]1O. The van der Waals surface area contributed by atoms with Gasteiger partial charge in [-0.3, -0.25) is 0 Å². The molecular weight excluding hydrogens is 554 g/mol. The summed E-state index contributed by atoms with van der Waals surface area (Å²) in [6, 6.07) is 1.80. The monoisotopic (exact) mass is 628 g/mol. The largest absolute Gasteiger partial charge is 0.392 e. The molecule has 0 aliphatic carbocycles. The molecule has 0 unspecified atom stereocenters. The van der Waals surface area contributed by atoms with E-state index in [9.17, 15) is 10.2 Å². The summed E-state index contributed by atoms with van der Waals surface area (Å²) in [6.07, 6.45) is 36.7. The molecule has 0 saturated carbocycles. The van der Waals surface area contributed by atoms with Gasteiger partial charge in [-0.2, -0.15) is 0 Å². The highest BCUT2D eigenvalue weighted by Crippen LogP contribution is 2.34. The van der Waals surface area contributed by atoms with Crippen LogP contribution in [0.3, 0.4) is 0 Å². The van der Waals surface area contributed by atoms with Gasteiger partial charge in [-0.1, -0.05) is 102 Å². The zero-order valence-corrected chi connectivity index (χ0v) is 29.7. The Morgan fingerprint density at radius 1 is 0.622 bits per heavy atom. The second-order valence-corrected chi connectivity index (χ2v) is 15.6. The molecule has 5 heteroatoms. The number of nitrogens with zero attached hydrogens (tertiary/aromatic N) is 1. The van der Waals surface area contributed by atoms with Crippen molar-refractivity contribution in [3.05, 3.63) is 22.9 Å². The normalized spacial score (nSPS) is 28.9. The molecule has 4 rings (SSSR count). The highest BCUT2D eigenvalue weighted by atomic mass is 16.3. The Labute approximate surface area is 278 Å². The smallest absolute Gasteiger partial charge is 0.0691 e. The Kier molecular flexibility index (Phi) is 17.4. The Morgan fingerprint density at radius 3 is 1.60 bits per heavy atom. The van der Waals surface area contributed by atoms with Crippen LogP contribution in [0.2, 0.25) is 0 Å². The number of hydrogen-bond acceptors (Lipinski definition) is 5. The number of rotatable bonds is 22. The maximum Gasteiger partial charge on any atom is 0.0691 e. The topological polar surface area (TPSA) is 67.8 Å². The zero-order valence-electron chi connectivity index (χ0n) is 29.7. The van der Waals surface area contributed by atoms with Crippen molar-refractivity contribution < 1.29 is 10.2 Å². The quantitative estimate of drug-likeness (QED) is 0.0902. The van der Waals surface area contributed by atoms with Crippen LogP contribution in [0.5, 0.6) is 0 Å². The number of hydrogen-bond donors (Lipinski definition) is 4. The first-order valence-corrected chi connectivity index (χ1v) is 20.0. The lowest BCUT2D eigenvalue weighted by molar-refractivity contribution is 0.0848. The maximum absolute atomic E-state index is 9.89. The van der Waals surface area contributed by atoms with Crippen LogP contribution in [-0.4, -0.2) is 64.6 Å². The van der Waals surface area contributed by atoms with Crippen LogP contribution < -0.4 is 10.6 Å². The number of allylic oxidation sites excluding steroid dienone is 3. The molecule has 0 aromatic carbocycles. The van der Waals surface area contributed by atoms with Crippen LogP contribution in [-0.2, 0) is 0 Å². The summed E-state index contributed by atoms with van der Waals surface area (Å²) >= 11 is 0. The van der Waals surface area contributed by atoms with Crippen LogP contribution in [0.25, 0.3) is 0 Å². The van der Waals surface area contributed by atoms with E-state index >= 15 is 0 Å². The van der Waals surface area contributed by atoms with E-state index in [0.717, 1.165) is 25.7 Å². The van der Waals surface area contributed by atoms with Crippen molar-refractivity contribution in [1.82, 2.24) is 15.5 Å². The average Bonchev–Trinajstić information content (AvgIpc) is 3.51. The predicted octanol–water partition coefficient (Wildman–Crippen LogP) is 9.08. The van der Waals surface area contributed by atoms with Crippen molar-refractivity contribution in [1.29, 1.82) is 0 Å². The summed E-state index contributed by atoms with van der Waals surface area (Å²) in [4.78, 5) is 2.72. The molecule has 45 heavy (non-hydrogen) atoms. The van der Waals surface area contributed by atoms with E-state index in [-0.39, 0.29) is 24.3 Å². The highest BCUT2D eigenvalue weighted by Gasteiger charge is 2.26. The molecule has 0 aromatic rings. The fourth-order valence-corrected chi connectivity index (χ4v) is 8.66. The van der Waals surface area contributed by atoms with Crippen LogP contribution in [0, 0.1) is 0 Å². The molecule has 0 spiro atoms. The number of aliphatic hydroxyl groups excluding tert-OH is 2. The molecule has 260 valence electrons. The minimum Gasteiger partial charge on any atom is -0.392 e. The van der Waals surface area contributed by atoms with E-state index in [1.165, 1.54) is 154 Å². The van der Waals surface area contributed by atoms with E-state index in [2.05, 4.69) is 35.5 Å². The number of aliphatic hydroxyl groups is 2. The fraction of sp³-hybridized carbons (Fsp3) is 0.900. The first-order valence-electron chi connectivity index (χ1n) is 20.0. The van der Waals surface area contributed by atoms with Crippen molar-refractivity contribution in [2.45, 2.75) is 217 Å². The third-order valence-corrected chi connectivity index (χ3v) is 11.7. The molecule has 0 radical (unpaired) electrons. The number of piperidine rings is 2. The van der Waals surface area contributed by atoms with Crippen molar-refractivity contribution in [2.75, 3.05) is 13.1 Å². The molecule has 4 heterocycles. The summed E-state index contributed by atoms with van der Waals surface area (Å²) in [5.41, 5.74) is 5.10. The summed E-state index contributed by atoms with van der Waals surface area (Å²) in [5.74, 6) is 0. The molecule has 4 aliphatic rings. The van der Waals surface area contributed by atoms with Gasteiger partial charge in [0.25, 0.3) is 0 Å². The number of nitrogens with one attached hydrogen (secondary N) is 2. The molecule has 4 N–H and O–H groups in total. The summed E-state index contributed by atoms with van der Waals surface area (Å²) in [7, 11) is 0. The van der Waals surface area contributed by atoms with Gasteiger partial charge in [0.05, 0.1) is 12.2 Å². The second-order valence-electron chi connectivity index (χ2n) is 15.6. The van der Waals surface area contributed by atoms with E-state index in [1.54, 1.807) is 16.8 Å². The van der Waals surface area contributed by atoms with Gasteiger partial charge in [0.2, 0.25) is 0 Å².